The molecule has 5 nitrogen and oxygen atoms in total. The number of anilines is 1. The van der Waals surface area contributed by atoms with Crippen molar-refractivity contribution in [2.75, 3.05) is 38.2 Å². The van der Waals surface area contributed by atoms with Crippen molar-refractivity contribution in [1.82, 2.24) is 14.7 Å². The topological polar surface area (TPSA) is 33.5 Å². The first-order valence-electron chi connectivity index (χ1n) is 9.57. The molecule has 28 heavy (non-hydrogen) atoms. The molecule has 2 aromatic carbocycles. The minimum atomic E-state index is 0.704. The lowest BCUT2D eigenvalue weighted by atomic mass is 10.2. The minimum absolute atomic E-state index is 0.704. The van der Waals surface area contributed by atoms with Crippen molar-refractivity contribution < 1.29 is 4.74 Å². The Hall–Kier alpha value is -2.50. The fourth-order valence-corrected chi connectivity index (χ4v) is 4.04. The maximum atomic E-state index is 6.69. The van der Waals surface area contributed by atoms with Gasteiger partial charge in [0, 0.05) is 38.3 Å². The third-order valence-electron chi connectivity index (χ3n) is 5.30. The predicted molar refractivity (Wildman–Crippen MR) is 114 cm³/mol. The largest absolute Gasteiger partial charge is 0.495 e. The van der Waals surface area contributed by atoms with Gasteiger partial charge in [-0.2, -0.15) is 5.10 Å². The van der Waals surface area contributed by atoms with Crippen LogP contribution in [0, 0.1) is 6.92 Å². The Labute approximate surface area is 171 Å². The number of hydrogen-bond acceptors (Lipinski definition) is 4. The third kappa shape index (κ3) is 3.73. The highest BCUT2D eigenvalue weighted by atomic mass is 35.5. The molecule has 146 valence electrons. The molecule has 0 unspecified atom stereocenters. The van der Waals surface area contributed by atoms with Crippen molar-refractivity contribution in [2.24, 2.45) is 0 Å². The quantitative estimate of drug-likeness (QED) is 0.648. The molecule has 0 amide bonds. The lowest BCUT2D eigenvalue weighted by molar-refractivity contribution is 0.248. The van der Waals surface area contributed by atoms with Crippen LogP contribution in [0.4, 0.5) is 5.69 Å². The average molecular weight is 397 g/mol. The van der Waals surface area contributed by atoms with Gasteiger partial charge in [-0.25, -0.2) is 4.68 Å². The average Bonchev–Trinajstić information content (AvgIpc) is 3.03. The number of halogens is 1. The summed E-state index contributed by atoms with van der Waals surface area (Å²) in [6.45, 7) is 6.73. The zero-order valence-electron chi connectivity index (χ0n) is 16.3. The Morgan fingerprint density at radius 2 is 1.64 bits per heavy atom. The first-order valence-corrected chi connectivity index (χ1v) is 9.95. The summed E-state index contributed by atoms with van der Waals surface area (Å²) in [5, 5.41) is 5.37. The summed E-state index contributed by atoms with van der Waals surface area (Å²) in [6.07, 6.45) is 0. The van der Waals surface area contributed by atoms with E-state index in [1.165, 1.54) is 0 Å². The maximum Gasteiger partial charge on any atom is 0.142 e. The van der Waals surface area contributed by atoms with Gasteiger partial charge < -0.3 is 9.64 Å². The van der Waals surface area contributed by atoms with Gasteiger partial charge in [0.25, 0.3) is 0 Å². The molecule has 0 bridgehead atoms. The van der Waals surface area contributed by atoms with Crippen molar-refractivity contribution in [2.45, 2.75) is 13.5 Å². The van der Waals surface area contributed by atoms with Crippen LogP contribution in [0.2, 0.25) is 5.15 Å². The second-order valence-electron chi connectivity index (χ2n) is 7.04. The highest BCUT2D eigenvalue weighted by Crippen LogP contribution is 2.29. The van der Waals surface area contributed by atoms with Gasteiger partial charge in [-0.05, 0) is 31.2 Å². The van der Waals surface area contributed by atoms with E-state index in [0.717, 1.165) is 61.1 Å². The van der Waals surface area contributed by atoms with E-state index in [1.807, 2.05) is 54.1 Å². The highest BCUT2D eigenvalue weighted by Gasteiger charge is 2.22. The molecule has 0 radical (unpaired) electrons. The van der Waals surface area contributed by atoms with Crippen molar-refractivity contribution in [3.8, 4) is 11.4 Å². The first kappa shape index (κ1) is 18.8. The van der Waals surface area contributed by atoms with Crippen LogP contribution in [0.25, 0.3) is 5.69 Å². The Bertz CT molecular complexity index is 933. The zero-order chi connectivity index (χ0) is 19.5. The molecule has 1 aliphatic rings. The van der Waals surface area contributed by atoms with Gasteiger partial charge in [0.15, 0.2) is 0 Å². The molecule has 1 aromatic heterocycles. The Morgan fingerprint density at radius 3 is 2.36 bits per heavy atom. The van der Waals surface area contributed by atoms with Crippen molar-refractivity contribution in [3.63, 3.8) is 0 Å². The van der Waals surface area contributed by atoms with Gasteiger partial charge >= 0.3 is 0 Å². The number of piperazine rings is 1. The van der Waals surface area contributed by atoms with Crippen LogP contribution in [0.5, 0.6) is 5.75 Å². The smallest absolute Gasteiger partial charge is 0.142 e. The number of para-hydroxylation sites is 3. The molecule has 0 N–H and O–H groups in total. The fraction of sp³-hybridized carbons (Fsp3) is 0.318. The molecule has 0 atom stereocenters. The van der Waals surface area contributed by atoms with Gasteiger partial charge in [0.1, 0.15) is 10.9 Å². The third-order valence-corrected chi connectivity index (χ3v) is 5.69. The van der Waals surface area contributed by atoms with Crippen LogP contribution in [0.3, 0.4) is 0 Å². The minimum Gasteiger partial charge on any atom is -0.495 e. The molecule has 0 spiro atoms. The number of nitrogens with zero attached hydrogens (tertiary/aromatic N) is 4. The molecule has 3 aromatic rings. The van der Waals surface area contributed by atoms with E-state index in [0.29, 0.717) is 5.15 Å². The molecule has 1 fully saturated rings. The molecule has 6 heteroatoms. The number of aromatic nitrogens is 2. The van der Waals surface area contributed by atoms with E-state index >= 15 is 0 Å². The summed E-state index contributed by atoms with van der Waals surface area (Å²) in [4.78, 5) is 4.83. The number of ether oxygens (including phenoxy) is 1. The maximum absolute atomic E-state index is 6.69. The molecular weight excluding hydrogens is 372 g/mol. The lowest BCUT2D eigenvalue weighted by Crippen LogP contribution is -2.46. The van der Waals surface area contributed by atoms with E-state index in [1.54, 1.807) is 7.11 Å². The summed E-state index contributed by atoms with van der Waals surface area (Å²) in [7, 11) is 1.73. The van der Waals surface area contributed by atoms with Gasteiger partial charge in [-0.1, -0.05) is 41.9 Å². The Kier molecular flexibility index (Phi) is 5.55. The summed E-state index contributed by atoms with van der Waals surface area (Å²) in [6, 6.07) is 18.2. The van der Waals surface area contributed by atoms with Crippen molar-refractivity contribution >= 4 is 17.3 Å². The first-order chi connectivity index (χ1) is 13.7. The van der Waals surface area contributed by atoms with Crippen molar-refractivity contribution in [3.05, 3.63) is 71.0 Å². The molecule has 1 aliphatic heterocycles. The van der Waals surface area contributed by atoms with Gasteiger partial charge in [0.05, 0.1) is 24.2 Å². The Balaban J connectivity index is 1.45. The Morgan fingerprint density at radius 1 is 0.964 bits per heavy atom. The van der Waals surface area contributed by atoms with E-state index < -0.39 is 0 Å². The van der Waals surface area contributed by atoms with Crippen LogP contribution < -0.4 is 9.64 Å². The second kappa shape index (κ2) is 8.25. The monoisotopic (exact) mass is 396 g/mol. The van der Waals surface area contributed by atoms with Crippen molar-refractivity contribution in [1.29, 1.82) is 0 Å². The SMILES string of the molecule is COc1ccccc1N1CCN(Cc2c(C)nn(-c3ccccc3)c2Cl)CC1. The molecule has 4 rings (SSSR count). The zero-order valence-corrected chi connectivity index (χ0v) is 17.1. The molecule has 2 heterocycles. The predicted octanol–water partition coefficient (Wildman–Crippen LogP) is 4.16. The number of hydrogen-bond donors (Lipinski definition) is 0. The molecule has 0 saturated carbocycles. The number of rotatable bonds is 5. The van der Waals surface area contributed by atoms with Crippen LogP contribution in [-0.2, 0) is 6.54 Å². The van der Waals surface area contributed by atoms with E-state index in [2.05, 4.69) is 27.0 Å². The number of benzene rings is 2. The van der Waals surface area contributed by atoms with Crippen LogP contribution >= 0.6 is 11.6 Å². The van der Waals surface area contributed by atoms with Crippen LogP contribution in [0.1, 0.15) is 11.3 Å². The van der Waals surface area contributed by atoms with Gasteiger partial charge in [-0.3, -0.25) is 4.90 Å². The summed E-state index contributed by atoms with van der Waals surface area (Å²) in [5.41, 5.74) is 4.25. The van der Waals surface area contributed by atoms with Crippen LogP contribution in [-0.4, -0.2) is 48.0 Å². The van der Waals surface area contributed by atoms with Gasteiger partial charge in [0.2, 0.25) is 0 Å². The second-order valence-corrected chi connectivity index (χ2v) is 7.40. The highest BCUT2D eigenvalue weighted by molar-refractivity contribution is 6.30. The molecular formula is C22H25ClN4O. The summed E-state index contributed by atoms with van der Waals surface area (Å²) in [5.74, 6) is 0.930. The lowest BCUT2D eigenvalue weighted by Gasteiger charge is -2.36. The van der Waals surface area contributed by atoms with E-state index in [4.69, 9.17) is 16.3 Å². The molecule has 0 aliphatic carbocycles. The van der Waals surface area contributed by atoms with Crippen LogP contribution in [0.15, 0.2) is 54.6 Å². The standard InChI is InChI=1S/C22H25ClN4O/c1-17-19(22(23)27(24-17)18-8-4-3-5-9-18)16-25-12-14-26(15-13-25)20-10-6-7-11-21(20)28-2/h3-11H,12-16H2,1-2H3. The number of aryl methyl sites for hydroxylation is 1. The normalized spacial score (nSPS) is 15.0. The summed E-state index contributed by atoms with van der Waals surface area (Å²) >= 11 is 6.69. The molecule has 1 saturated heterocycles. The van der Waals surface area contributed by atoms with E-state index in [9.17, 15) is 0 Å². The number of methoxy groups -OCH3 is 1. The summed E-state index contributed by atoms with van der Waals surface area (Å²) < 4.78 is 7.34. The van der Waals surface area contributed by atoms with Gasteiger partial charge in [-0.15, -0.1) is 0 Å². The van der Waals surface area contributed by atoms with E-state index in [-0.39, 0.29) is 0 Å². The fourth-order valence-electron chi connectivity index (χ4n) is 3.71.